The molecule has 0 radical (unpaired) electrons. The molecule has 0 aliphatic carbocycles. The van der Waals surface area contributed by atoms with Crippen molar-refractivity contribution in [1.82, 2.24) is 0 Å². The van der Waals surface area contributed by atoms with Crippen molar-refractivity contribution >= 4 is 27.3 Å². The van der Waals surface area contributed by atoms with E-state index in [9.17, 15) is 0 Å². The topological polar surface area (TPSA) is 71.1 Å². The molecule has 2 aromatic rings. The van der Waals surface area contributed by atoms with E-state index in [4.69, 9.17) is 15.7 Å². The molecule has 0 bridgehead atoms. The summed E-state index contributed by atoms with van der Waals surface area (Å²) in [5.41, 5.74) is 7.96. The number of hydrogen-bond acceptors (Lipinski definition) is 4. The van der Waals surface area contributed by atoms with E-state index in [0.29, 0.717) is 30.2 Å². The molecule has 0 aromatic heterocycles. The zero-order valence-corrected chi connectivity index (χ0v) is 12.4. The van der Waals surface area contributed by atoms with Crippen molar-refractivity contribution in [3.05, 3.63) is 52.5 Å². The van der Waals surface area contributed by atoms with Gasteiger partial charge < -0.3 is 15.8 Å². The predicted molar refractivity (Wildman–Crippen MR) is 83.7 cm³/mol. The zero-order chi connectivity index (χ0) is 14.4. The van der Waals surface area contributed by atoms with Gasteiger partial charge in [0.2, 0.25) is 0 Å². The van der Waals surface area contributed by atoms with Crippen molar-refractivity contribution < 1.29 is 4.74 Å². The fourth-order valence-corrected chi connectivity index (χ4v) is 2.21. The highest BCUT2D eigenvalue weighted by atomic mass is 79.9. The first kappa shape index (κ1) is 14.2. The highest BCUT2D eigenvalue weighted by Crippen LogP contribution is 2.23. The van der Waals surface area contributed by atoms with Gasteiger partial charge >= 0.3 is 0 Å². The van der Waals surface area contributed by atoms with Crippen molar-refractivity contribution in [3.8, 4) is 11.8 Å². The molecule has 0 unspecified atom stereocenters. The SMILES string of the molecule is N#Cc1ccc(NCCOc2ccccc2N)c(Br)c1. The van der Waals surface area contributed by atoms with Crippen molar-refractivity contribution in [2.75, 3.05) is 24.2 Å². The summed E-state index contributed by atoms with van der Waals surface area (Å²) in [5, 5.41) is 12.0. The third kappa shape index (κ3) is 3.65. The van der Waals surface area contributed by atoms with E-state index in [-0.39, 0.29) is 0 Å². The molecule has 2 rings (SSSR count). The average molecular weight is 332 g/mol. The van der Waals surface area contributed by atoms with Crippen LogP contribution < -0.4 is 15.8 Å². The molecule has 0 spiro atoms. The predicted octanol–water partition coefficient (Wildman–Crippen LogP) is 3.39. The van der Waals surface area contributed by atoms with E-state index in [1.54, 1.807) is 18.2 Å². The van der Waals surface area contributed by atoms with Crippen molar-refractivity contribution in [2.24, 2.45) is 0 Å². The molecule has 0 saturated heterocycles. The normalized spacial score (nSPS) is 9.80. The minimum atomic E-state index is 0.501. The second-order valence-electron chi connectivity index (χ2n) is 4.12. The largest absolute Gasteiger partial charge is 0.490 e. The third-order valence-corrected chi connectivity index (χ3v) is 3.35. The Hall–Kier alpha value is -2.19. The summed E-state index contributed by atoms with van der Waals surface area (Å²) in [6, 6.07) is 14.9. The zero-order valence-electron chi connectivity index (χ0n) is 10.8. The molecular weight excluding hydrogens is 318 g/mol. The van der Waals surface area contributed by atoms with Crippen molar-refractivity contribution in [1.29, 1.82) is 5.26 Å². The van der Waals surface area contributed by atoms with E-state index < -0.39 is 0 Å². The minimum absolute atomic E-state index is 0.501. The van der Waals surface area contributed by atoms with E-state index in [1.807, 2.05) is 24.3 Å². The Morgan fingerprint density at radius 3 is 2.75 bits per heavy atom. The van der Waals surface area contributed by atoms with Gasteiger partial charge in [0.05, 0.1) is 17.3 Å². The van der Waals surface area contributed by atoms with E-state index in [1.165, 1.54) is 0 Å². The van der Waals surface area contributed by atoms with E-state index >= 15 is 0 Å². The number of halogens is 1. The van der Waals surface area contributed by atoms with Crippen LogP contribution in [0, 0.1) is 11.3 Å². The van der Waals surface area contributed by atoms with Gasteiger partial charge in [-0.15, -0.1) is 0 Å². The lowest BCUT2D eigenvalue weighted by Crippen LogP contribution is -2.12. The van der Waals surface area contributed by atoms with Crippen LogP contribution in [0.1, 0.15) is 5.56 Å². The maximum atomic E-state index is 8.80. The van der Waals surface area contributed by atoms with Gasteiger partial charge in [-0.05, 0) is 46.3 Å². The number of rotatable bonds is 5. The summed E-state index contributed by atoms with van der Waals surface area (Å²) >= 11 is 3.42. The Bertz CT molecular complexity index is 637. The fraction of sp³-hybridized carbons (Fsp3) is 0.133. The lowest BCUT2D eigenvalue weighted by molar-refractivity contribution is 0.334. The molecule has 102 valence electrons. The lowest BCUT2D eigenvalue weighted by atomic mass is 10.2. The molecule has 0 amide bonds. The van der Waals surface area contributed by atoms with Crippen LogP contribution in [-0.4, -0.2) is 13.2 Å². The van der Waals surface area contributed by atoms with E-state index in [0.717, 1.165) is 10.2 Å². The quantitative estimate of drug-likeness (QED) is 0.650. The van der Waals surface area contributed by atoms with Gasteiger partial charge in [-0.25, -0.2) is 0 Å². The Morgan fingerprint density at radius 2 is 2.05 bits per heavy atom. The standard InChI is InChI=1S/C15H14BrN3O/c16-12-9-11(10-17)5-6-14(12)19-7-8-20-15-4-2-1-3-13(15)18/h1-6,9,19H,7-8,18H2. The van der Waals surface area contributed by atoms with Gasteiger partial charge in [-0.1, -0.05) is 12.1 Å². The molecule has 0 aliphatic heterocycles. The molecule has 0 aliphatic rings. The molecule has 5 heteroatoms. The smallest absolute Gasteiger partial charge is 0.142 e. The Kier molecular flexibility index (Phi) is 4.85. The summed E-state index contributed by atoms with van der Waals surface area (Å²) in [4.78, 5) is 0. The van der Waals surface area contributed by atoms with Crippen LogP contribution in [0.25, 0.3) is 0 Å². The maximum absolute atomic E-state index is 8.80. The van der Waals surface area contributed by atoms with Crippen molar-refractivity contribution in [3.63, 3.8) is 0 Å². The third-order valence-electron chi connectivity index (χ3n) is 2.69. The monoisotopic (exact) mass is 331 g/mol. The molecule has 0 saturated carbocycles. The van der Waals surface area contributed by atoms with Gasteiger partial charge in [-0.2, -0.15) is 5.26 Å². The number of hydrogen-bond donors (Lipinski definition) is 2. The highest BCUT2D eigenvalue weighted by Gasteiger charge is 2.02. The van der Waals surface area contributed by atoms with Gasteiger partial charge in [0.15, 0.2) is 0 Å². The number of nitrogen functional groups attached to an aromatic ring is 1. The van der Waals surface area contributed by atoms with Gasteiger partial charge in [0.1, 0.15) is 12.4 Å². The molecule has 20 heavy (non-hydrogen) atoms. The molecule has 4 nitrogen and oxygen atoms in total. The Labute approximate surface area is 126 Å². The Balaban J connectivity index is 1.85. The first-order valence-electron chi connectivity index (χ1n) is 6.11. The number of para-hydroxylation sites is 2. The van der Waals surface area contributed by atoms with Crippen molar-refractivity contribution in [2.45, 2.75) is 0 Å². The van der Waals surface area contributed by atoms with Crippen LogP contribution >= 0.6 is 15.9 Å². The van der Waals surface area contributed by atoms with E-state index in [2.05, 4.69) is 27.3 Å². The lowest BCUT2D eigenvalue weighted by Gasteiger charge is -2.11. The summed E-state index contributed by atoms with van der Waals surface area (Å²) in [7, 11) is 0. The van der Waals surface area contributed by atoms with Crippen LogP contribution in [0.5, 0.6) is 5.75 Å². The fourth-order valence-electron chi connectivity index (χ4n) is 1.69. The second kappa shape index (κ2) is 6.83. The Morgan fingerprint density at radius 1 is 1.25 bits per heavy atom. The summed E-state index contributed by atoms with van der Waals surface area (Å²) in [5.74, 6) is 0.688. The molecule has 3 N–H and O–H groups in total. The van der Waals surface area contributed by atoms with Gasteiger partial charge in [0, 0.05) is 16.7 Å². The van der Waals surface area contributed by atoms with Crippen LogP contribution in [0.4, 0.5) is 11.4 Å². The number of nitriles is 1. The summed E-state index contributed by atoms with van der Waals surface area (Å²) < 4.78 is 6.45. The van der Waals surface area contributed by atoms with Crippen LogP contribution in [-0.2, 0) is 0 Å². The van der Waals surface area contributed by atoms with Crippen LogP contribution in [0.15, 0.2) is 46.9 Å². The number of ether oxygens (including phenoxy) is 1. The summed E-state index contributed by atoms with van der Waals surface area (Å²) in [6.45, 7) is 1.14. The van der Waals surface area contributed by atoms with Gasteiger partial charge in [-0.3, -0.25) is 0 Å². The van der Waals surface area contributed by atoms with Crippen LogP contribution in [0.3, 0.4) is 0 Å². The molecule has 2 aromatic carbocycles. The second-order valence-corrected chi connectivity index (χ2v) is 4.97. The molecule has 0 fully saturated rings. The number of benzene rings is 2. The average Bonchev–Trinajstić information content (AvgIpc) is 2.46. The first-order chi connectivity index (χ1) is 9.70. The maximum Gasteiger partial charge on any atom is 0.142 e. The molecular formula is C15H14BrN3O. The number of nitrogens with two attached hydrogens (primary N) is 1. The number of nitrogens with zero attached hydrogens (tertiary/aromatic N) is 1. The number of nitrogens with one attached hydrogen (secondary N) is 1. The minimum Gasteiger partial charge on any atom is -0.490 e. The molecule has 0 heterocycles. The number of anilines is 2. The molecule has 0 atom stereocenters. The van der Waals surface area contributed by atoms with Gasteiger partial charge in [0.25, 0.3) is 0 Å². The summed E-state index contributed by atoms with van der Waals surface area (Å²) in [6.07, 6.45) is 0. The highest BCUT2D eigenvalue weighted by molar-refractivity contribution is 9.10. The van der Waals surface area contributed by atoms with Crippen LogP contribution in [0.2, 0.25) is 0 Å². The first-order valence-corrected chi connectivity index (χ1v) is 6.91.